The van der Waals surface area contributed by atoms with Crippen molar-refractivity contribution in [2.45, 2.75) is 65.4 Å². The minimum atomic E-state index is -0.872. The summed E-state index contributed by atoms with van der Waals surface area (Å²) in [5.74, 6) is -0.0979. The van der Waals surface area contributed by atoms with Gasteiger partial charge in [-0.05, 0) is 31.1 Å². The van der Waals surface area contributed by atoms with Crippen LogP contribution < -0.4 is 0 Å². The third kappa shape index (κ3) is 3.70. The standard InChI is InChI=1S/C14H26O3/c1-5-17-12(15)10-14(16)9-7-6-8-11(14)13(2,3)4/h11,16H,5-10H2,1-4H3. The molecule has 0 aliphatic heterocycles. The minimum absolute atomic E-state index is 0.0294. The lowest BCUT2D eigenvalue weighted by molar-refractivity contribution is -0.157. The van der Waals surface area contributed by atoms with Crippen molar-refractivity contribution in [3.05, 3.63) is 0 Å². The molecule has 3 heteroatoms. The van der Waals surface area contributed by atoms with Gasteiger partial charge in [-0.2, -0.15) is 0 Å². The molecule has 0 spiro atoms. The van der Waals surface area contributed by atoms with Gasteiger partial charge in [0.15, 0.2) is 0 Å². The molecule has 1 saturated carbocycles. The van der Waals surface area contributed by atoms with E-state index in [1.165, 1.54) is 0 Å². The number of aliphatic hydroxyl groups is 1. The van der Waals surface area contributed by atoms with Crippen LogP contribution in [0.4, 0.5) is 0 Å². The summed E-state index contributed by atoms with van der Waals surface area (Å²) in [5, 5.41) is 10.8. The second-order valence-electron chi connectivity index (χ2n) is 6.25. The zero-order valence-corrected chi connectivity index (χ0v) is 11.6. The lowest BCUT2D eigenvalue weighted by Crippen LogP contribution is -2.48. The molecule has 1 aliphatic carbocycles. The van der Waals surface area contributed by atoms with Crippen LogP contribution in [-0.4, -0.2) is 23.3 Å². The van der Waals surface area contributed by atoms with Gasteiger partial charge in [0.25, 0.3) is 0 Å². The fourth-order valence-electron chi connectivity index (χ4n) is 3.14. The van der Waals surface area contributed by atoms with Gasteiger partial charge in [-0.25, -0.2) is 0 Å². The maximum Gasteiger partial charge on any atom is 0.308 e. The Kier molecular flexibility index (Phi) is 4.59. The van der Waals surface area contributed by atoms with Gasteiger partial charge in [0.1, 0.15) is 0 Å². The molecule has 3 nitrogen and oxygen atoms in total. The molecule has 1 rings (SSSR count). The highest BCUT2D eigenvalue weighted by molar-refractivity contribution is 5.70. The molecular weight excluding hydrogens is 216 g/mol. The van der Waals surface area contributed by atoms with E-state index in [1.54, 1.807) is 6.92 Å². The van der Waals surface area contributed by atoms with E-state index in [2.05, 4.69) is 20.8 Å². The van der Waals surface area contributed by atoms with Gasteiger partial charge in [-0.3, -0.25) is 4.79 Å². The first-order valence-electron chi connectivity index (χ1n) is 6.67. The lowest BCUT2D eigenvalue weighted by atomic mass is 9.63. The Hall–Kier alpha value is -0.570. The van der Waals surface area contributed by atoms with Crippen molar-refractivity contribution in [3.8, 4) is 0 Å². The van der Waals surface area contributed by atoms with Crippen molar-refractivity contribution in [1.29, 1.82) is 0 Å². The molecule has 0 amide bonds. The highest BCUT2D eigenvalue weighted by Crippen LogP contribution is 2.46. The first-order chi connectivity index (χ1) is 7.79. The Labute approximate surface area is 105 Å². The van der Waals surface area contributed by atoms with E-state index in [0.717, 1.165) is 19.3 Å². The molecule has 0 aromatic rings. The van der Waals surface area contributed by atoms with Crippen LogP contribution >= 0.6 is 0 Å². The second-order valence-corrected chi connectivity index (χ2v) is 6.25. The predicted molar refractivity (Wildman–Crippen MR) is 67.6 cm³/mol. The normalized spacial score (nSPS) is 30.1. The van der Waals surface area contributed by atoms with Crippen molar-refractivity contribution in [2.75, 3.05) is 6.61 Å². The summed E-state index contributed by atoms with van der Waals surface area (Å²) < 4.78 is 4.97. The van der Waals surface area contributed by atoms with E-state index in [-0.39, 0.29) is 23.7 Å². The van der Waals surface area contributed by atoms with Crippen LogP contribution in [-0.2, 0) is 9.53 Å². The van der Waals surface area contributed by atoms with E-state index >= 15 is 0 Å². The van der Waals surface area contributed by atoms with Crippen molar-refractivity contribution in [2.24, 2.45) is 11.3 Å². The first-order valence-corrected chi connectivity index (χ1v) is 6.67. The summed E-state index contributed by atoms with van der Waals surface area (Å²) in [6, 6.07) is 0. The molecular formula is C14H26O3. The molecule has 1 N–H and O–H groups in total. The Morgan fingerprint density at radius 1 is 1.41 bits per heavy atom. The summed E-state index contributed by atoms with van der Waals surface area (Å²) in [6.07, 6.45) is 4.01. The molecule has 0 aromatic carbocycles. The molecule has 0 aromatic heterocycles. The van der Waals surface area contributed by atoms with Gasteiger partial charge in [0.2, 0.25) is 0 Å². The number of carbonyl (C=O) groups excluding carboxylic acids is 1. The second kappa shape index (κ2) is 5.38. The molecule has 0 bridgehead atoms. The van der Waals surface area contributed by atoms with Gasteiger partial charge < -0.3 is 9.84 Å². The number of rotatable bonds is 3. The summed E-state index contributed by atoms with van der Waals surface area (Å²) in [5.41, 5.74) is -0.843. The summed E-state index contributed by atoms with van der Waals surface area (Å²) in [7, 11) is 0. The number of carbonyl (C=O) groups is 1. The van der Waals surface area contributed by atoms with Crippen molar-refractivity contribution >= 4 is 5.97 Å². The minimum Gasteiger partial charge on any atom is -0.466 e. The van der Waals surface area contributed by atoms with Crippen LogP contribution in [0.2, 0.25) is 0 Å². The zero-order valence-electron chi connectivity index (χ0n) is 11.6. The van der Waals surface area contributed by atoms with E-state index in [1.807, 2.05) is 0 Å². The fourth-order valence-corrected chi connectivity index (χ4v) is 3.14. The van der Waals surface area contributed by atoms with E-state index in [0.29, 0.717) is 13.0 Å². The Morgan fingerprint density at radius 3 is 2.59 bits per heavy atom. The highest BCUT2D eigenvalue weighted by atomic mass is 16.5. The third-order valence-corrected chi connectivity index (χ3v) is 3.80. The fraction of sp³-hybridized carbons (Fsp3) is 0.929. The third-order valence-electron chi connectivity index (χ3n) is 3.80. The van der Waals surface area contributed by atoms with Crippen LogP contribution in [0, 0.1) is 11.3 Å². The Balaban J connectivity index is 2.77. The molecule has 2 atom stereocenters. The molecule has 2 unspecified atom stereocenters. The van der Waals surface area contributed by atoms with E-state index < -0.39 is 5.60 Å². The maximum atomic E-state index is 11.6. The molecule has 0 radical (unpaired) electrons. The number of hydrogen-bond acceptors (Lipinski definition) is 3. The van der Waals surface area contributed by atoms with Crippen molar-refractivity contribution < 1.29 is 14.6 Å². The van der Waals surface area contributed by atoms with Gasteiger partial charge in [-0.1, -0.05) is 33.6 Å². The van der Waals surface area contributed by atoms with Gasteiger partial charge >= 0.3 is 5.97 Å². The maximum absolute atomic E-state index is 11.6. The van der Waals surface area contributed by atoms with Crippen molar-refractivity contribution in [3.63, 3.8) is 0 Å². The van der Waals surface area contributed by atoms with Crippen molar-refractivity contribution in [1.82, 2.24) is 0 Å². The monoisotopic (exact) mass is 242 g/mol. The molecule has 100 valence electrons. The van der Waals surface area contributed by atoms with E-state index in [9.17, 15) is 9.90 Å². The van der Waals surface area contributed by atoms with Gasteiger partial charge in [-0.15, -0.1) is 0 Å². The summed E-state index contributed by atoms with van der Waals surface area (Å²) >= 11 is 0. The molecule has 0 saturated heterocycles. The van der Waals surface area contributed by atoms with Crippen LogP contribution in [0.25, 0.3) is 0 Å². The smallest absolute Gasteiger partial charge is 0.308 e. The molecule has 0 heterocycles. The average Bonchev–Trinajstić information content (AvgIpc) is 2.15. The Bertz CT molecular complexity index is 267. The Morgan fingerprint density at radius 2 is 2.06 bits per heavy atom. The largest absolute Gasteiger partial charge is 0.466 e. The number of esters is 1. The quantitative estimate of drug-likeness (QED) is 0.774. The van der Waals surface area contributed by atoms with Gasteiger partial charge in [0, 0.05) is 0 Å². The molecule has 1 fully saturated rings. The summed E-state index contributed by atoms with van der Waals surface area (Å²) in [4.78, 5) is 11.6. The molecule has 17 heavy (non-hydrogen) atoms. The number of ether oxygens (including phenoxy) is 1. The molecule has 1 aliphatic rings. The SMILES string of the molecule is CCOC(=O)CC1(O)CCCCC1C(C)(C)C. The van der Waals surface area contributed by atoms with Crippen LogP contribution in [0.5, 0.6) is 0 Å². The number of hydrogen-bond donors (Lipinski definition) is 1. The summed E-state index contributed by atoms with van der Waals surface area (Å²) in [6.45, 7) is 8.59. The van der Waals surface area contributed by atoms with Crippen LogP contribution in [0.1, 0.15) is 59.8 Å². The highest BCUT2D eigenvalue weighted by Gasteiger charge is 2.46. The van der Waals surface area contributed by atoms with Gasteiger partial charge in [0.05, 0.1) is 18.6 Å². The lowest BCUT2D eigenvalue weighted by Gasteiger charge is -2.46. The topological polar surface area (TPSA) is 46.5 Å². The average molecular weight is 242 g/mol. The predicted octanol–water partition coefficient (Wildman–Crippen LogP) is 2.91. The first kappa shape index (κ1) is 14.5. The van der Waals surface area contributed by atoms with E-state index in [4.69, 9.17) is 4.74 Å². The zero-order chi connectivity index (χ0) is 13.1. The van der Waals surface area contributed by atoms with Crippen LogP contribution in [0.3, 0.4) is 0 Å². The van der Waals surface area contributed by atoms with Crippen LogP contribution in [0.15, 0.2) is 0 Å².